The van der Waals surface area contributed by atoms with E-state index in [1.54, 1.807) is 11.8 Å². The minimum atomic E-state index is -0.592. The van der Waals surface area contributed by atoms with E-state index in [2.05, 4.69) is 10.6 Å². The molecule has 0 aliphatic rings. The van der Waals surface area contributed by atoms with E-state index in [9.17, 15) is 14.7 Å². The molecular weight excluding hydrogens is 326 g/mol. The van der Waals surface area contributed by atoms with Gasteiger partial charge < -0.3 is 15.3 Å². The van der Waals surface area contributed by atoms with Gasteiger partial charge in [-0.25, -0.2) is 4.79 Å². The summed E-state index contributed by atoms with van der Waals surface area (Å²) in [5.41, 5.74) is 0.813. The smallest absolute Gasteiger partial charge is 0.321 e. The van der Waals surface area contributed by atoms with Crippen molar-refractivity contribution in [1.29, 1.82) is 0 Å². The number of carbonyl (C=O) groups excluding carboxylic acids is 2. The highest BCUT2D eigenvalue weighted by atomic mass is 32.1. The van der Waals surface area contributed by atoms with Gasteiger partial charge in [-0.1, -0.05) is 24.3 Å². The normalized spacial score (nSPS) is 11.6. The molecule has 1 aromatic heterocycles. The molecule has 1 atom stereocenters. The highest BCUT2D eigenvalue weighted by Crippen LogP contribution is 2.13. The average molecular weight is 347 g/mol. The molecule has 3 amide bonds. The number of nitrogens with zero attached hydrogens (tertiary/aromatic N) is 1. The lowest BCUT2D eigenvalue weighted by atomic mass is 10.2. The van der Waals surface area contributed by atoms with Crippen LogP contribution in [0.25, 0.3) is 0 Å². The highest BCUT2D eigenvalue weighted by molar-refractivity contribution is 7.09. The van der Waals surface area contributed by atoms with Crippen LogP contribution in [0.4, 0.5) is 10.5 Å². The van der Waals surface area contributed by atoms with Crippen molar-refractivity contribution in [3.63, 3.8) is 0 Å². The number of carbonyl (C=O) groups is 2. The van der Waals surface area contributed by atoms with Gasteiger partial charge in [0.15, 0.2) is 0 Å². The Kier molecular flexibility index (Phi) is 6.77. The summed E-state index contributed by atoms with van der Waals surface area (Å²) >= 11 is 1.54. The molecule has 128 valence electrons. The Hall–Kier alpha value is -2.38. The molecule has 6 nitrogen and oxygen atoms in total. The Morgan fingerprint density at radius 2 is 1.96 bits per heavy atom. The fraction of sp³-hybridized carbons (Fsp3) is 0.294. The van der Waals surface area contributed by atoms with Crippen LogP contribution in [0.3, 0.4) is 0 Å². The van der Waals surface area contributed by atoms with E-state index in [0.29, 0.717) is 13.1 Å². The maximum absolute atomic E-state index is 12.1. The van der Waals surface area contributed by atoms with E-state index in [1.165, 1.54) is 11.3 Å². The first kappa shape index (κ1) is 18.0. The molecule has 0 unspecified atom stereocenters. The van der Waals surface area contributed by atoms with Crippen molar-refractivity contribution in [3.05, 3.63) is 52.7 Å². The number of aliphatic hydroxyl groups is 1. The number of urea groups is 1. The van der Waals surface area contributed by atoms with E-state index < -0.39 is 18.0 Å². The zero-order valence-electron chi connectivity index (χ0n) is 13.4. The third-order valence-corrected chi connectivity index (χ3v) is 4.07. The van der Waals surface area contributed by atoms with Gasteiger partial charge in [0, 0.05) is 17.1 Å². The molecule has 3 N–H and O–H groups in total. The number of rotatable bonds is 7. The van der Waals surface area contributed by atoms with Gasteiger partial charge in [0.1, 0.15) is 0 Å². The fourth-order valence-corrected chi connectivity index (χ4v) is 2.83. The van der Waals surface area contributed by atoms with Crippen molar-refractivity contribution in [2.45, 2.75) is 19.6 Å². The lowest BCUT2D eigenvalue weighted by Crippen LogP contribution is -2.45. The zero-order valence-corrected chi connectivity index (χ0v) is 14.3. The second kappa shape index (κ2) is 9.05. The Morgan fingerprint density at radius 3 is 2.58 bits per heavy atom. The molecule has 0 fully saturated rings. The quantitative estimate of drug-likeness (QED) is 0.715. The second-order valence-electron chi connectivity index (χ2n) is 5.38. The molecule has 0 radical (unpaired) electrons. The van der Waals surface area contributed by atoms with Gasteiger partial charge >= 0.3 is 6.03 Å². The number of amides is 3. The van der Waals surface area contributed by atoms with Crippen molar-refractivity contribution in [3.8, 4) is 0 Å². The predicted molar refractivity (Wildman–Crippen MR) is 95.0 cm³/mol. The van der Waals surface area contributed by atoms with Crippen LogP contribution in [-0.4, -0.2) is 36.2 Å². The number of para-hydroxylation sites is 1. The monoisotopic (exact) mass is 347 g/mol. The zero-order chi connectivity index (χ0) is 17.4. The summed E-state index contributed by atoms with van der Waals surface area (Å²) in [5, 5.41) is 16.5. The average Bonchev–Trinajstić information content (AvgIpc) is 3.06. The number of nitrogens with one attached hydrogen (secondary N) is 2. The predicted octanol–water partition coefficient (Wildman–Crippen LogP) is 1.96. The lowest BCUT2D eigenvalue weighted by Gasteiger charge is -2.25. The molecule has 0 aliphatic heterocycles. The van der Waals surface area contributed by atoms with E-state index in [0.717, 1.165) is 10.6 Å². The number of thiophene rings is 1. The van der Waals surface area contributed by atoms with Crippen LogP contribution in [0, 0.1) is 0 Å². The number of anilines is 1. The second-order valence-corrected chi connectivity index (χ2v) is 6.41. The third kappa shape index (κ3) is 6.02. The van der Waals surface area contributed by atoms with Gasteiger partial charge in [-0.15, -0.1) is 11.3 Å². The van der Waals surface area contributed by atoms with Crippen LogP contribution in [0.1, 0.15) is 11.8 Å². The molecule has 0 aliphatic carbocycles. The van der Waals surface area contributed by atoms with Gasteiger partial charge in [-0.3, -0.25) is 10.1 Å². The Balaban J connectivity index is 1.86. The summed E-state index contributed by atoms with van der Waals surface area (Å²) in [6.45, 7) is 2.32. The standard InChI is InChI=1S/C17H21N3O3S/c1-13(21)11-20(14-6-3-2-4-7-14)12-16(22)19-17(23)18-10-15-8-5-9-24-15/h2-9,13,21H,10-12H2,1H3,(H2,18,19,22,23)/t13-/m0/s1. The van der Waals surface area contributed by atoms with Crippen LogP contribution in [0.15, 0.2) is 47.8 Å². The van der Waals surface area contributed by atoms with E-state index in [-0.39, 0.29) is 6.54 Å². The van der Waals surface area contributed by atoms with Gasteiger partial charge in [0.25, 0.3) is 0 Å². The maximum Gasteiger partial charge on any atom is 0.321 e. The first-order valence-electron chi connectivity index (χ1n) is 7.62. The van der Waals surface area contributed by atoms with Gasteiger partial charge in [-0.05, 0) is 30.5 Å². The van der Waals surface area contributed by atoms with Crippen molar-refractivity contribution < 1.29 is 14.7 Å². The van der Waals surface area contributed by atoms with Crippen LogP contribution in [-0.2, 0) is 11.3 Å². The van der Waals surface area contributed by atoms with Crippen LogP contribution in [0.2, 0.25) is 0 Å². The summed E-state index contributed by atoms with van der Waals surface area (Å²) < 4.78 is 0. The SMILES string of the molecule is C[C@H](O)CN(CC(=O)NC(=O)NCc1cccs1)c1ccccc1. The molecular formula is C17H21N3O3S. The van der Waals surface area contributed by atoms with Crippen molar-refractivity contribution in [2.24, 2.45) is 0 Å². The summed E-state index contributed by atoms with van der Waals surface area (Å²) in [6, 6.07) is 12.6. The van der Waals surface area contributed by atoms with Crippen LogP contribution >= 0.6 is 11.3 Å². The van der Waals surface area contributed by atoms with Gasteiger partial charge in [0.05, 0.1) is 19.2 Å². The molecule has 1 aromatic carbocycles. The number of hydrogen-bond acceptors (Lipinski definition) is 5. The maximum atomic E-state index is 12.1. The number of aliphatic hydroxyl groups excluding tert-OH is 1. The fourth-order valence-electron chi connectivity index (χ4n) is 2.18. The lowest BCUT2D eigenvalue weighted by molar-refractivity contribution is -0.118. The summed E-state index contributed by atoms with van der Waals surface area (Å²) in [6.07, 6.45) is -0.592. The van der Waals surface area contributed by atoms with Crippen LogP contribution < -0.4 is 15.5 Å². The molecule has 24 heavy (non-hydrogen) atoms. The topological polar surface area (TPSA) is 81.7 Å². The summed E-state index contributed by atoms with van der Waals surface area (Å²) in [7, 11) is 0. The minimum Gasteiger partial charge on any atom is -0.392 e. The molecule has 2 aromatic rings. The van der Waals surface area contributed by atoms with Gasteiger partial charge in [-0.2, -0.15) is 0 Å². The molecule has 0 bridgehead atoms. The molecule has 1 heterocycles. The number of benzene rings is 1. The molecule has 0 spiro atoms. The molecule has 0 saturated heterocycles. The first-order chi connectivity index (χ1) is 11.5. The van der Waals surface area contributed by atoms with E-state index in [4.69, 9.17) is 0 Å². The number of imide groups is 1. The Morgan fingerprint density at radius 1 is 1.21 bits per heavy atom. The van der Waals surface area contributed by atoms with Crippen molar-refractivity contribution in [2.75, 3.05) is 18.0 Å². The Labute approximate surface area is 145 Å². The van der Waals surface area contributed by atoms with Crippen molar-refractivity contribution in [1.82, 2.24) is 10.6 Å². The van der Waals surface area contributed by atoms with Crippen LogP contribution in [0.5, 0.6) is 0 Å². The molecule has 2 rings (SSSR count). The van der Waals surface area contributed by atoms with Gasteiger partial charge in [0.2, 0.25) is 5.91 Å². The van der Waals surface area contributed by atoms with E-state index in [1.807, 2.05) is 47.8 Å². The number of hydrogen-bond donors (Lipinski definition) is 3. The Bertz CT molecular complexity index is 644. The first-order valence-corrected chi connectivity index (χ1v) is 8.50. The minimum absolute atomic E-state index is 0.0126. The van der Waals surface area contributed by atoms with Crippen molar-refractivity contribution >= 4 is 29.0 Å². The summed E-state index contributed by atoms with van der Waals surface area (Å²) in [5.74, 6) is -0.428. The summed E-state index contributed by atoms with van der Waals surface area (Å²) in [4.78, 5) is 26.6. The molecule has 7 heteroatoms. The molecule has 0 saturated carbocycles. The highest BCUT2D eigenvalue weighted by Gasteiger charge is 2.15. The third-order valence-electron chi connectivity index (χ3n) is 3.20. The largest absolute Gasteiger partial charge is 0.392 e. The van der Waals surface area contributed by atoms with E-state index >= 15 is 0 Å².